The smallest absolute Gasteiger partial charge is 0.186 e. The molecular weight excluding hydrogens is 244 g/mol. The number of rotatable bonds is 5. The molecule has 1 N–H and O–H groups in total. The largest absolute Gasteiger partial charge is 0.486 e. The van der Waals surface area contributed by atoms with Crippen LogP contribution in [0.25, 0.3) is 0 Å². The summed E-state index contributed by atoms with van der Waals surface area (Å²) in [6.45, 7) is 1.13. The van der Waals surface area contributed by atoms with Crippen molar-refractivity contribution in [2.45, 2.75) is 13.2 Å². The summed E-state index contributed by atoms with van der Waals surface area (Å²) in [6, 6.07) is 7.90. The molecule has 0 aliphatic heterocycles. The molecule has 0 atom stereocenters. The van der Waals surface area contributed by atoms with Crippen molar-refractivity contribution in [3.05, 3.63) is 54.4 Å². The zero-order chi connectivity index (χ0) is 12.9. The van der Waals surface area contributed by atoms with Gasteiger partial charge in [-0.05, 0) is 28.1 Å². The van der Waals surface area contributed by atoms with Crippen LogP contribution in [0, 0.1) is 0 Å². The molecule has 0 bridgehead atoms. The molecule has 2 heterocycles. The van der Waals surface area contributed by atoms with Crippen LogP contribution in [-0.4, -0.2) is 30.2 Å². The van der Waals surface area contributed by atoms with Gasteiger partial charge in [0.2, 0.25) is 0 Å². The minimum absolute atomic E-state index is 0.327. The van der Waals surface area contributed by atoms with E-state index in [-0.39, 0.29) is 0 Å². The van der Waals surface area contributed by atoms with Crippen LogP contribution < -0.4 is 4.74 Å². The SMILES string of the molecule is c1cn(Cc2ccc(OCc3nnn[nH]3)cc2)cn1. The van der Waals surface area contributed by atoms with E-state index in [2.05, 4.69) is 25.6 Å². The van der Waals surface area contributed by atoms with Crippen LogP contribution in [0.3, 0.4) is 0 Å². The highest BCUT2D eigenvalue weighted by atomic mass is 16.5. The van der Waals surface area contributed by atoms with Crippen molar-refractivity contribution in [2.75, 3.05) is 0 Å². The van der Waals surface area contributed by atoms with Crippen LogP contribution >= 0.6 is 0 Å². The molecule has 0 aliphatic carbocycles. The van der Waals surface area contributed by atoms with Gasteiger partial charge in [-0.3, -0.25) is 0 Å². The second-order valence-electron chi connectivity index (χ2n) is 4.02. The number of aromatic nitrogens is 6. The predicted octanol–water partition coefficient (Wildman–Crippen LogP) is 1.02. The van der Waals surface area contributed by atoms with Crippen LogP contribution in [0.15, 0.2) is 43.0 Å². The van der Waals surface area contributed by atoms with E-state index in [1.165, 1.54) is 5.56 Å². The van der Waals surface area contributed by atoms with E-state index in [0.717, 1.165) is 12.3 Å². The Kier molecular flexibility index (Phi) is 3.18. The molecule has 0 saturated heterocycles. The minimum Gasteiger partial charge on any atom is -0.486 e. The zero-order valence-corrected chi connectivity index (χ0v) is 10.1. The molecule has 0 unspecified atom stereocenters. The fourth-order valence-corrected chi connectivity index (χ4v) is 1.67. The Bertz CT molecular complexity index is 602. The highest BCUT2D eigenvalue weighted by molar-refractivity contribution is 5.27. The van der Waals surface area contributed by atoms with E-state index in [4.69, 9.17) is 4.74 Å². The molecule has 0 saturated carbocycles. The number of benzene rings is 1. The van der Waals surface area contributed by atoms with Gasteiger partial charge in [-0.25, -0.2) is 10.1 Å². The maximum Gasteiger partial charge on any atom is 0.186 e. The van der Waals surface area contributed by atoms with Gasteiger partial charge in [0.05, 0.1) is 6.33 Å². The molecule has 19 heavy (non-hydrogen) atoms. The van der Waals surface area contributed by atoms with Gasteiger partial charge in [-0.1, -0.05) is 12.1 Å². The second-order valence-corrected chi connectivity index (χ2v) is 4.02. The van der Waals surface area contributed by atoms with E-state index in [1.807, 2.05) is 35.0 Å². The van der Waals surface area contributed by atoms with Gasteiger partial charge in [-0.2, -0.15) is 0 Å². The van der Waals surface area contributed by atoms with Crippen molar-refractivity contribution < 1.29 is 4.74 Å². The topological polar surface area (TPSA) is 81.5 Å². The normalized spacial score (nSPS) is 10.5. The Morgan fingerprint density at radius 1 is 1.21 bits per heavy atom. The summed E-state index contributed by atoms with van der Waals surface area (Å²) >= 11 is 0. The quantitative estimate of drug-likeness (QED) is 0.737. The monoisotopic (exact) mass is 256 g/mol. The Morgan fingerprint density at radius 3 is 2.79 bits per heavy atom. The molecular formula is C12H12N6O. The van der Waals surface area contributed by atoms with Gasteiger partial charge in [0, 0.05) is 18.9 Å². The summed E-state index contributed by atoms with van der Waals surface area (Å²) in [5.74, 6) is 1.38. The molecule has 0 radical (unpaired) electrons. The molecule has 3 rings (SSSR count). The molecule has 0 amide bonds. The summed E-state index contributed by atoms with van der Waals surface area (Å²) < 4.78 is 7.56. The molecule has 7 nitrogen and oxygen atoms in total. The highest BCUT2D eigenvalue weighted by Gasteiger charge is 2.00. The van der Waals surface area contributed by atoms with E-state index in [9.17, 15) is 0 Å². The number of nitrogens with zero attached hydrogens (tertiary/aromatic N) is 5. The van der Waals surface area contributed by atoms with Crippen LogP contribution in [0.5, 0.6) is 5.75 Å². The van der Waals surface area contributed by atoms with Crippen molar-refractivity contribution in [3.8, 4) is 5.75 Å². The van der Waals surface area contributed by atoms with Crippen molar-refractivity contribution in [1.82, 2.24) is 30.2 Å². The summed E-state index contributed by atoms with van der Waals surface area (Å²) in [7, 11) is 0. The lowest BCUT2D eigenvalue weighted by Gasteiger charge is -2.06. The molecule has 1 aromatic carbocycles. The van der Waals surface area contributed by atoms with E-state index in [0.29, 0.717) is 12.4 Å². The Balaban J connectivity index is 1.59. The van der Waals surface area contributed by atoms with Crippen molar-refractivity contribution in [1.29, 1.82) is 0 Å². The van der Waals surface area contributed by atoms with E-state index < -0.39 is 0 Å². The highest BCUT2D eigenvalue weighted by Crippen LogP contribution is 2.14. The number of imidazole rings is 1. The molecule has 0 fully saturated rings. The molecule has 0 spiro atoms. The lowest BCUT2D eigenvalue weighted by Crippen LogP contribution is -1.99. The first-order chi connectivity index (χ1) is 9.40. The summed E-state index contributed by atoms with van der Waals surface area (Å²) in [4.78, 5) is 4.01. The van der Waals surface area contributed by atoms with Crippen molar-refractivity contribution >= 4 is 0 Å². The molecule has 3 aromatic rings. The fraction of sp³-hybridized carbons (Fsp3) is 0.167. The number of H-pyrrole nitrogens is 1. The predicted molar refractivity (Wildman–Crippen MR) is 66.3 cm³/mol. The first-order valence-electron chi connectivity index (χ1n) is 5.80. The van der Waals surface area contributed by atoms with Crippen molar-refractivity contribution in [3.63, 3.8) is 0 Å². The van der Waals surface area contributed by atoms with E-state index in [1.54, 1.807) is 12.5 Å². The molecule has 0 aliphatic rings. The van der Waals surface area contributed by atoms with Crippen LogP contribution in [0.4, 0.5) is 0 Å². The van der Waals surface area contributed by atoms with Gasteiger partial charge in [-0.15, -0.1) is 5.10 Å². The van der Waals surface area contributed by atoms with Gasteiger partial charge >= 0.3 is 0 Å². The third-order valence-electron chi connectivity index (χ3n) is 2.61. The minimum atomic E-state index is 0.327. The first kappa shape index (κ1) is 11.4. The Hall–Kier alpha value is -2.70. The molecule has 96 valence electrons. The number of ether oxygens (including phenoxy) is 1. The number of aromatic amines is 1. The van der Waals surface area contributed by atoms with E-state index >= 15 is 0 Å². The van der Waals surface area contributed by atoms with Crippen molar-refractivity contribution in [2.24, 2.45) is 0 Å². The van der Waals surface area contributed by atoms with Crippen LogP contribution in [0.1, 0.15) is 11.4 Å². The Morgan fingerprint density at radius 2 is 2.11 bits per heavy atom. The maximum absolute atomic E-state index is 5.55. The lowest BCUT2D eigenvalue weighted by molar-refractivity contribution is 0.296. The number of nitrogens with one attached hydrogen (secondary N) is 1. The standard InChI is InChI=1S/C12H12N6O/c1-3-11(19-8-12-14-16-17-15-12)4-2-10(1)7-18-6-5-13-9-18/h1-6,9H,7-8H2,(H,14,15,16,17). The summed E-state index contributed by atoms with van der Waals surface area (Å²) in [5, 5.41) is 13.3. The van der Waals surface area contributed by atoms with Gasteiger partial charge in [0.1, 0.15) is 12.4 Å². The van der Waals surface area contributed by atoms with Crippen LogP contribution in [0.2, 0.25) is 0 Å². The van der Waals surface area contributed by atoms with Crippen LogP contribution in [-0.2, 0) is 13.2 Å². The number of tetrazole rings is 1. The average molecular weight is 256 g/mol. The lowest BCUT2D eigenvalue weighted by atomic mass is 10.2. The maximum atomic E-state index is 5.55. The second kappa shape index (κ2) is 5.30. The third-order valence-corrected chi connectivity index (χ3v) is 2.61. The summed E-state index contributed by atoms with van der Waals surface area (Å²) in [5.41, 5.74) is 1.19. The molecule has 2 aromatic heterocycles. The average Bonchev–Trinajstić information content (AvgIpc) is 3.11. The van der Waals surface area contributed by atoms with Gasteiger partial charge in [0.15, 0.2) is 5.82 Å². The first-order valence-corrected chi connectivity index (χ1v) is 5.80. The fourth-order valence-electron chi connectivity index (χ4n) is 1.67. The number of hydrogen-bond acceptors (Lipinski definition) is 5. The third kappa shape index (κ3) is 2.95. The molecule has 7 heteroatoms. The Labute approximate surface area is 109 Å². The number of hydrogen-bond donors (Lipinski definition) is 1. The zero-order valence-electron chi connectivity index (χ0n) is 10.1. The van der Waals surface area contributed by atoms with Gasteiger partial charge < -0.3 is 9.30 Å². The van der Waals surface area contributed by atoms with Gasteiger partial charge in [0.25, 0.3) is 0 Å². The summed E-state index contributed by atoms with van der Waals surface area (Å²) in [6.07, 6.45) is 5.49.